The first kappa shape index (κ1) is 25.5. The third-order valence-corrected chi connectivity index (χ3v) is 6.40. The topological polar surface area (TPSA) is 111 Å². The zero-order valence-corrected chi connectivity index (χ0v) is 20.3. The van der Waals surface area contributed by atoms with E-state index in [1.54, 1.807) is 36.2 Å². The quantitative estimate of drug-likeness (QED) is 0.351. The lowest BCUT2D eigenvalue weighted by atomic mass is 10.0. The predicted molar refractivity (Wildman–Crippen MR) is 132 cm³/mol. The third-order valence-electron chi connectivity index (χ3n) is 6.40. The molecule has 9 nitrogen and oxygen atoms in total. The summed E-state index contributed by atoms with van der Waals surface area (Å²) in [5.74, 6) is -0.330. The fourth-order valence-electron chi connectivity index (χ4n) is 4.46. The molecule has 12 heteroatoms. The van der Waals surface area contributed by atoms with Crippen LogP contribution in [0.4, 0.5) is 19.0 Å². The molecule has 4 aromatic rings. The van der Waals surface area contributed by atoms with Crippen LogP contribution in [-0.4, -0.2) is 57.2 Å². The maximum Gasteiger partial charge on any atom is 0.433 e. The molecule has 3 aromatic heterocycles. The number of nitrogens with one attached hydrogen (secondary N) is 1. The molecule has 2 N–H and O–H groups in total. The highest BCUT2D eigenvalue weighted by atomic mass is 19.4. The number of aromatic nitrogens is 4. The number of methoxy groups -OCH3 is 1. The van der Waals surface area contributed by atoms with Crippen molar-refractivity contribution in [3.8, 4) is 17.0 Å². The zero-order chi connectivity index (χ0) is 26.9. The molecule has 0 atom stereocenters. The van der Waals surface area contributed by atoms with Crippen molar-refractivity contribution in [3.05, 3.63) is 65.6 Å². The van der Waals surface area contributed by atoms with Crippen molar-refractivity contribution in [3.63, 3.8) is 0 Å². The fourth-order valence-corrected chi connectivity index (χ4v) is 4.46. The molecule has 0 radical (unpaired) electrons. The van der Waals surface area contributed by atoms with E-state index in [1.807, 2.05) is 12.1 Å². The van der Waals surface area contributed by atoms with E-state index in [-0.39, 0.29) is 23.8 Å². The van der Waals surface area contributed by atoms with Gasteiger partial charge in [-0.1, -0.05) is 12.1 Å². The predicted octanol–water partition coefficient (Wildman–Crippen LogP) is 4.86. The van der Waals surface area contributed by atoms with Gasteiger partial charge in [-0.05, 0) is 42.7 Å². The van der Waals surface area contributed by atoms with E-state index < -0.39 is 23.4 Å². The number of carboxylic acids is 1. The van der Waals surface area contributed by atoms with Crippen LogP contribution < -0.4 is 10.1 Å². The van der Waals surface area contributed by atoms with E-state index in [4.69, 9.17) is 9.47 Å². The molecule has 0 aliphatic carbocycles. The summed E-state index contributed by atoms with van der Waals surface area (Å²) in [6.07, 6.45) is -1.01. The van der Waals surface area contributed by atoms with Gasteiger partial charge in [-0.15, -0.1) is 0 Å². The molecule has 5 rings (SSSR count). The van der Waals surface area contributed by atoms with Gasteiger partial charge in [0.2, 0.25) is 0 Å². The number of nitrogens with zero attached hydrogens (tertiary/aromatic N) is 4. The first-order chi connectivity index (χ1) is 18.2. The van der Waals surface area contributed by atoms with Crippen molar-refractivity contribution in [1.82, 2.24) is 19.7 Å². The molecule has 38 heavy (non-hydrogen) atoms. The Labute approximate surface area is 215 Å². The number of ether oxygens (including phenoxy) is 2. The largest absolute Gasteiger partial charge is 0.497 e. The SMILES string of the molecule is COc1ccc(Cn2nc(-c3cc(C(F)(F)F)ncc3C(=O)O)c3c(NC4CCOCC4)nccc32)cc1. The Kier molecular flexibility index (Phi) is 6.89. The first-order valence-electron chi connectivity index (χ1n) is 11.9. The summed E-state index contributed by atoms with van der Waals surface area (Å²) in [6.45, 7) is 1.42. The van der Waals surface area contributed by atoms with Crippen LogP contribution in [0.25, 0.3) is 22.2 Å². The molecule has 4 heterocycles. The smallest absolute Gasteiger partial charge is 0.433 e. The minimum absolute atomic E-state index is 0.0294. The van der Waals surface area contributed by atoms with Crippen molar-refractivity contribution in [2.24, 2.45) is 0 Å². The normalized spacial score (nSPS) is 14.5. The highest BCUT2D eigenvalue weighted by Gasteiger charge is 2.34. The average Bonchev–Trinajstić information content (AvgIpc) is 3.28. The Balaban J connectivity index is 1.70. The highest BCUT2D eigenvalue weighted by molar-refractivity contribution is 6.05. The number of alkyl halides is 3. The van der Waals surface area contributed by atoms with Crippen LogP contribution in [0.2, 0.25) is 0 Å². The van der Waals surface area contributed by atoms with Crippen LogP contribution in [0, 0.1) is 0 Å². The van der Waals surface area contributed by atoms with Gasteiger partial charge >= 0.3 is 12.1 Å². The maximum atomic E-state index is 13.6. The van der Waals surface area contributed by atoms with Gasteiger partial charge in [0.1, 0.15) is 23.0 Å². The Hall–Kier alpha value is -4.19. The van der Waals surface area contributed by atoms with Gasteiger partial charge in [0, 0.05) is 37.2 Å². The van der Waals surface area contributed by atoms with Gasteiger partial charge in [0.05, 0.1) is 30.1 Å². The van der Waals surface area contributed by atoms with E-state index in [0.29, 0.717) is 35.7 Å². The molecular weight excluding hydrogens is 503 g/mol. The summed E-state index contributed by atoms with van der Waals surface area (Å²) >= 11 is 0. The van der Waals surface area contributed by atoms with Crippen molar-refractivity contribution < 1.29 is 32.5 Å². The summed E-state index contributed by atoms with van der Waals surface area (Å²) in [7, 11) is 1.56. The lowest BCUT2D eigenvalue weighted by molar-refractivity contribution is -0.141. The molecule has 0 saturated carbocycles. The van der Waals surface area contributed by atoms with Crippen LogP contribution in [0.5, 0.6) is 5.75 Å². The molecule has 198 valence electrons. The van der Waals surface area contributed by atoms with Crippen LogP contribution in [0.3, 0.4) is 0 Å². The Bertz CT molecular complexity index is 1460. The summed E-state index contributed by atoms with van der Waals surface area (Å²) < 4.78 is 53.0. The van der Waals surface area contributed by atoms with Gasteiger partial charge < -0.3 is 19.9 Å². The lowest BCUT2D eigenvalue weighted by Crippen LogP contribution is -2.28. The van der Waals surface area contributed by atoms with Gasteiger partial charge in [0.15, 0.2) is 0 Å². The van der Waals surface area contributed by atoms with Crippen LogP contribution in [-0.2, 0) is 17.5 Å². The molecule has 0 amide bonds. The van der Waals surface area contributed by atoms with Crippen molar-refractivity contribution in [2.45, 2.75) is 31.6 Å². The fraction of sp³-hybridized carbons (Fsp3) is 0.308. The summed E-state index contributed by atoms with van der Waals surface area (Å²) in [6, 6.07) is 9.76. The van der Waals surface area contributed by atoms with Crippen molar-refractivity contribution in [2.75, 3.05) is 25.6 Å². The number of carboxylic acid groups (broad SMARTS) is 1. The van der Waals surface area contributed by atoms with Crippen molar-refractivity contribution >= 4 is 22.7 Å². The molecule has 1 aliphatic heterocycles. The molecular formula is C26H24F3N5O4. The van der Waals surface area contributed by atoms with Crippen LogP contribution >= 0.6 is 0 Å². The Morgan fingerprint density at radius 1 is 1.18 bits per heavy atom. The third kappa shape index (κ3) is 5.12. The van der Waals surface area contributed by atoms with Crippen LogP contribution in [0.15, 0.2) is 48.8 Å². The van der Waals surface area contributed by atoms with E-state index in [1.165, 1.54) is 0 Å². The summed E-state index contributed by atoms with van der Waals surface area (Å²) in [4.78, 5) is 19.9. The Morgan fingerprint density at radius 2 is 1.92 bits per heavy atom. The Morgan fingerprint density at radius 3 is 2.58 bits per heavy atom. The number of halogens is 3. The second-order valence-corrected chi connectivity index (χ2v) is 8.86. The number of benzene rings is 1. The van der Waals surface area contributed by atoms with Gasteiger partial charge in [-0.2, -0.15) is 18.3 Å². The number of rotatable bonds is 7. The van der Waals surface area contributed by atoms with Gasteiger partial charge in [-0.3, -0.25) is 9.67 Å². The van der Waals surface area contributed by atoms with Gasteiger partial charge in [-0.25, -0.2) is 9.78 Å². The molecule has 1 fully saturated rings. The standard InChI is InChI=1S/C26H24F3N5O4/c1-37-17-4-2-15(3-5-17)14-34-20-6-9-30-24(32-16-7-10-38-11-8-16)22(20)23(33-34)18-12-21(26(27,28)29)31-13-19(18)25(35)36/h2-6,9,12-13,16H,7-8,10-11,14H2,1H3,(H,30,32)(H,35,36). The molecule has 1 aliphatic rings. The second-order valence-electron chi connectivity index (χ2n) is 8.86. The summed E-state index contributed by atoms with van der Waals surface area (Å²) in [5, 5.41) is 18.2. The molecule has 0 unspecified atom stereocenters. The van der Waals surface area contributed by atoms with Crippen molar-refractivity contribution in [1.29, 1.82) is 0 Å². The van der Waals surface area contributed by atoms with E-state index in [2.05, 4.69) is 20.4 Å². The van der Waals surface area contributed by atoms with E-state index in [0.717, 1.165) is 30.7 Å². The zero-order valence-electron chi connectivity index (χ0n) is 20.3. The van der Waals surface area contributed by atoms with E-state index in [9.17, 15) is 23.1 Å². The number of hydrogen-bond donors (Lipinski definition) is 2. The highest BCUT2D eigenvalue weighted by Crippen LogP contribution is 2.38. The molecule has 1 aromatic carbocycles. The minimum atomic E-state index is -4.77. The first-order valence-corrected chi connectivity index (χ1v) is 11.9. The number of hydrogen-bond acceptors (Lipinski definition) is 7. The number of fused-ring (bicyclic) bond motifs is 1. The maximum absolute atomic E-state index is 13.6. The number of aromatic carboxylic acids is 1. The van der Waals surface area contributed by atoms with Gasteiger partial charge in [0.25, 0.3) is 0 Å². The molecule has 0 bridgehead atoms. The number of carbonyl (C=O) groups is 1. The number of anilines is 1. The minimum Gasteiger partial charge on any atom is -0.497 e. The lowest BCUT2D eigenvalue weighted by Gasteiger charge is -2.24. The summed E-state index contributed by atoms with van der Waals surface area (Å²) in [5.41, 5.74) is -0.278. The van der Waals surface area contributed by atoms with E-state index >= 15 is 0 Å². The average molecular weight is 528 g/mol. The van der Waals surface area contributed by atoms with Crippen LogP contribution in [0.1, 0.15) is 34.5 Å². The monoisotopic (exact) mass is 527 g/mol. The molecule has 1 saturated heterocycles. The second kappa shape index (κ2) is 10.3. The number of pyridine rings is 2. The molecule has 0 spiro atoms.